The second kappa shape index (κ2) is 8.90. The summed E-state index contributed by atoms with van der Waals surface area (Å²) in [4.78, 5) is 33.7. The molecule has 6 rings (SSSR count). The fourth-order valence-corrected chi connectivity index (χ4v) is 5.41. The molecule has 2 aromatic heterocycles. The molecule has 11 heteroatoms. The monoisotopic (exact) mass is 488 g/mol. The third-order valence-electron chi connectivity index (χ3n) is 7.15. The van der Waals surface area contributed by atoms with E-state index in [4.69, 9.17) is 10.5 Å². The Morgan fingerprint density at radius 2 is 2.11 bits per heavy atom. The third kappa shape index (κ3) is 4.05. The SMILES string of the molecule is Cc1cc(N)nc2c1C(NC(=O)c1cn(Cc3ccc(N4CC5COCCN5C4=O)cc3)nn1)CC2. The normalized spacial score (nSPS) is 21.0. The number of rotatable bonds is 5. The molecule has 4 heterocycles. The summed E-state index contributed by atoms with van der Waals surface area (Å²) >= 11 is 0. The van der Waals surface area contributed by atoms with Crippen molar-refractivity contribution in [2.45, 2.75) is 38.4 Å². The van der Waals surface area contributed by atoms with Crippen LogP contribution in [0.25, 0.3) is 0 Å². The first kappa shape index (κ1) is 22.5. The predicted molar refractivity (Wildman–Crippen MR) is 132 cm³/mol. The number of nitrogens with two attached hydrogens (primary N) is 1. The molecule has 0 saturated carbocycles. The Morgan fingerprint density at radius 3 is 2.92 bits per heavy atom. The average molecular weight is 489 g/mol. The number of nitrogen functional groups attached to an aromatic ring is 1. The van der Waals surface area contributed by atoms with Crippen molar-refractivity contribution in [1.29, 1.82) is 0 Å². The number of aromatic nitrogens is 4. The lowest BCUT2D eigenvalue weighted by atomic mass is 10.1. The Bertz CT molecular complexity index is 1320. The minimum Gasteiger partial charge on any atom is -0.384 e. The number of carbonyl (C=O) groups excluding carboxylic acids is 2. The number of nitrogens with zero attached hydrogens (tertiary/aromatic N) is 6. The number of ether oxygens (including phenoxy) is 1. The van der Waals surface area contributed by atoms with E-state index in [0.717, 1.165) is 40.9 Å². The first-order valence-electron chi connectivity index (χ1n) is 12.2. The summed E-state index contributed by atoms with van der Waals surface area (Å²) in [5, 5.41) is 11.3. The second-order valence-corrected chi connectivity index (χ2v) is 9.57. The number of urea groups is 1. The first-order chi connectivity index (χ1) is 17.5. The summed E-state index contributed by atoms with van der Waals surface area (Å²) in [7, 11) is 0. The van der Waals surface area contributed by atoms with Crippen LogP contribution in [0.3, 0.4) is 0 Å². The molecule has 2 fully saturated rings. The molecular formula is C25H28N8O3. The highest BCUT2D eigenvalue weighted by Crippen LogP contribution is 2.33. The topological polar surface area (TPSA) is 132 Å². The number of fused-ring (bicyclic) bond motifs is 2. The van der Waals surface area contributed by atoms with E-state index in [-0.39, 0.29) is 29.7 Å². The predicted octanol–water partition coefficient (Wildman–Crippen LogP) is 1.67. The van der Waals surface area contributed by atoms with Gasteiger partial charge in [0.1, 0.15) is 5.82 Å². The standard InChI is InChI=1S/C25H28N8O3/c1-15-10-22(26)27-19-6-7-20(23(15)19)28-24(34)21-13-31(30-29-21)11-16-2-4-17(5-3-16)33-12-18-14-36-9-8-32(18)25(33)35/h2-5,10,13,18,20H,6-9,11-12,14H2,1H3,(H2,26,27)(H,28,34). The van der Waals surface area contributed by atoms with Crippen LogP contribution in [0, 0.1) is 6.92 Å². The van der Waals surface area contributed by atoms with Crippen LogP contribution in [-0.2, 0) is 17.7 Å². The summed E-state index contributed by atoms with van der Waals surface area (Å²) in [6.07, 6.45) is 3.21. The molecule has 3 aromatic rings. The van der Waals surface area contributed by atoms with Gasteiger partial charge in [-0.25, -0.2) is 14.5 Å². The van der Waals surface area contributed by atoms with Gasteiger partial charge in [0.15, 0.2) is 5.69 Å². The van der Waals surface area contributed by atoms with Gasteiger partial charge >= 0.3 is 6.03 Å². The number of aryl methyl sites for hydroxylation is 2. The highest BCUT2D eigenvalue weighted by molar-refractivity contribution is 5.94. The van der Waals surface area contributed by atoms with Crippen LogP contribution in [0.15, 0.2) is 36.5 Å². The van der Waals surface area contributed by atoms with Crippen molar-refractivity contribution in [2.24, 2.45) is 0 Å². The maximum absolute atomic E-state index is 12.9. The Hall–Kier alpha value is -3.99. The third-order valence-corrected chi connectivity index (χ3v) is 7.15. The van der Waals surface area contributed by atoms with Crippen molar-refractivity contribution in [3.05, 3.63) is 64.6 Å². The number of nitrogens with one attached hydrogen (secondary N) is 1. The number of hydrogen-bond acceptors (Lipinski definition) is 7. The van der Waals surface area contributed by atoms with Gasteiger partial charge in [0.2, 0.25) is 0 Å². The number of benzene rings is 1. The van der Waals surface area contributed by atoms with E-state index in [1.807, 2.05) is 42.2 Å². The first-order valence-corrected chi connectivity index (χ1v) is 12.2. The molecule has 36 heavy (non-hydrogen) atoms. The van der Waals surface area contributed by atoms with Crippen LogP contribution in [0.2, 0.25) is 0 Å². The molecule has 3 amide bonds. The quantitative estimate of drug-likeness (QED) is 0.558. The Morgan fingerprint density at radius 1 is 1.28 bits per heavy atom. The number of carbonyl (C=O) groups is 2. The lowest BCUT2D eigenvalue weighted by Gasteiger charge is -2.27. The maximum atomic E-state index is 12.9. The molecule has 3 N–H and O–H groups in total. The summed E-state index contributed by atoms with van der Waals surface area (Å²) in [5.41, 5.74) is 11.0. The van der Waals surface area contributed by atoms with Crippen molar-refractivity contribution >= 4 is 23.4 Å². The van der Waals surface area contributed by atoms with Crippen molar-refractivity contribution in [3.63, 3.8) is 0 Å². The minimum atomic E-state index is -0.265. The highest BCUT2D eigenvalue weighted by Gasteiger charge is 2.39. The molecule has 2 atom stereocenters. The largest absolute Gasteiger partial charge is 0.384 e. The Labute approximate surface area is 208 Å². The van der Waals surface area contributed by atoms with Crippen LogP contribution in [-0.4, -0.2) is 69.2 Å². The van der Waals surface area contributed by atoms with Gasteiger partial charge in [-0.15, -0.1) is 5.10 Å². The number of pyridine rings is 1. The average Bonchev–Trinajstić information content (AvgIpc) is 3.58. The van der Waals surface area contributed by atoms with Crippen LogP contribution < -0.4 is 16.0 Å². The van der Waals surface area contributed by atoms with Gasteiger partial charge in [-0.2, -0.15) is 0 Å². The smallest absolute Gasteiger partial charge is 0.325 e. The zero-order valence-corrected chi connectivity index (χ0v) is 20.1. The second-order valence-electron chi connectivity index (χ2n) is 9.57. The molecule has 186 valence electrons. The molecule has 1 aliphatic carbocycles. The Kier molecular flexibility index (Phi) is 5.56. The summed E-state index contributed by atoms with van der Waals surface area (Å²) in [6, 6.07) is 9.69. The van der Waals surface area contributed by atoms with E-state index in [9.17, 15) is 9.59 Å². The van der Waals surface area contributed by atoms with Crippen molar-refractivity contribution in [1.82, 2.24) is 30.2 Å². The van der Waals surface area contributed by atoms with Gasteiger partial charge in [0, 0.05) is 17.9 Å². The molecule has 0 bridgehead atoms. The lowest BCUT2D eigenvalue weighted by molar-refractivity contribution is 0.0300. The molecule has 0 radical (unpaired) electrons. The fraction of sp³-hybridized carbons (Fsp3) is 0.400. The summed E-state index contributed by atoms with van der Waals surface area (Å²) in [5.74, 6) is 0.241. The number of hydrogen-bond donors (Lipinski definition) is 2. The van der Waals surface area contributed by atoms with E-state index >= 15 is 0 Å². The molecular weight excluding hydrogens is 460 g/mol. The Balaban J connectivity index is 1.09. The molecule has 2 aliphatic heterocycles. The minimum absolute atomic E-state index is 0.0299. The number of amides is 3. The highest BCUT2D eigenvalue weighted by atomic mass is 16.5. The maximum Gasteiger partial charge on any atom is 0.325 e. The van der Waals surface area contributed by atoms with E-state index in [1.54, 1.807) is 15.8 Å². The van der Waals surface area contributed by atoms with Gasteiger partial charge in [0.05, 0.1) is 44.6 Å². The van der Waals surface area contributed by atoms with Crippen molar-refractivity contribution < 1.29 is 14.3 Å². The number of morpholine rings is 1. The van der Waals surface area contributed by atoms with Gasteiger partial charge in [-0.05, 0) is 54.7 Å². The fourth-order valence-electron chi connectivity index (χ4n) is 5.41. The van der Waals surface area contributed by atoms with Gasteiger partial charge in [-0.3, -0.25) is 9.69 Å². The molecule has 0 spiro atoms. The number of anilines is 2. The molecule has 2 unspecified atom stereocenters. The van der Waals surface area contributed by atoms with Crippen molar-refractivity contribution in [3.8, 4) is 0 Å². The lowest BCUT2D eigenvalue weighted by Crippen LogP contribution is -2.43. The van der Waals surface area contributed by atoms with Gasteiger partial charge in [-0.1, -0.05) is 17.3 Å². The van der Waals surface area contributed by atoms with Crippen LogP contribution in [0.1, 0.15) is 45.3 Å². The zero-order valence-electron chi connectivity index (χ0n) is 20.1. The van der Waals surface area contributed by atoms with Gasteiger partial charge in [0.25, 0.3) is 5.91 Å². The van der Waals surface area contributed by atoms with E-state index < -0.39 is 0 Å². The molecule has 11 nitrogen and oxygen atoms in total. The van der Waals surface area contributed by atoms with E-state index in [0.29, 0.717) is 38.7 Å². The van der Waals surface area contributed by atoms with Gasteiger partial charge < -0.3 is 20.7 Å². The summed E-state index contributed by atoms with van der Waals surface area (Å²) < 4.78 is 7.15. The van der Waals surface area contributed by atoms with E-state index in [1.165, 1.54) is 0 Å². The molecule has 3 aliphatic rings. The van der Waals surface area contributed by atoms with Crippen LogP contribution >= 0.6 is 0 Å². The zero-order chi connectivity index (χ0) is 24.8. The van der Waals surface area contributed by atoms with Crippen LogP contribution in [0.5, 0.6) is 0 Å². The molecule has 2 saturated heterocycles. The van der Waals surface area contributed by atoms with Crippen LogP contribution in [0.4, 0.5) is 16.3 Å². The summed E-state index contributed by atoms with van der Waals surface area (Å²) in [6.45, 7) is 4.90. The van der Waals surface area contributed by atoms with E-state index in [2.05, 4.69) is 20.6 Å². The molecule has 1 aromatic carbocycles. The van der Waals surface area contributed by atoms with Crippen molar-refractivity contribution in [2.75, 3.05) is 36.9 Å².